The Labute approximate surface area is 81.3 Å². The van der Waals surface area contributed by atoms with E-state index >= 15 is 0 Å². The van der Waals surface area contributed by atoms with E-state index in [1.807, 2.05) is 6.92 Å². The largest absolute Gasteiger partial charge is 0.351 e. The summed E-state index contributed by atoms with van der Waals surface area (Å²) in [4.78, 5) is 18.4. The van der Waals surface area contributed by atoms with E-state index < -0.39 is 0 Å². The fraction of sp³-hybridized carbons (Fsp3) is 0.375. The highest BCUT2D eigenvalue weighted by Crippen LogP contribution is 2.04. The molecule has 1 heterocycles. The molecule has 0 radical (unpaired) electrons. The molecule has 4 nitrogen and oxygen atoms in total. The molecule has 0 unspecified atom stereocenters. The van der Waals surface area contributed by atoms with Gasteiger partial charge in [0.1, 0.15) is 0 Å². The first-order chi connectivity index (χ1) is 6.08. The Hall–Kier alpha value is -1.16. The lowest BCUT2D eigenvalue weighted by atomic mass is 10.3. The van der Waals surface area contributed by atoms with Gasteiger partial charge in [-0.25, -0.2) is 9.97 Å². The fourth-order valence-electron chi connectivity index (χ4n) is 0.900. The third-order valence-electron chi connectivity index (χ3n) is 1.40. The maximum absolute atomic E-state index is 10.6. The molecule has 0 aromatic carbocycles. The number of rotatable bonds is 2. The van der Waals surface area contributed by atoms with Crippen LogP contribution >= 0.6 is 11.6 Å². The van der Waals surface area contributed by atoms with Crippen molar-refractivity contribution in [3.05, 3.63) is 22.7 Å². The van der Waals surface area contributed by atoms with Gasteiger partial charge >= 0.3 is 0 Å². The molecule has 1 amide bonds. The molecule has 0 aliphatic rings. The maximum atomic E-state index is 10.6. The van der Waals surface area contributed by atoms with Crippen LogP contribution in [-0.4, -0.2) is 15.9 Å². The lowest BCUT2D eigenvalue weighted by molar-refractivity contribution is -0.119. The van der Waals surface area contributed by atoms with Gasteiger partial charge in [0.25, 0.3) is 0 Å². The second-order valence-corrected chi connectivity index (χ2v) is 3.02. The summed E-state index contributed by atoms with van der Waals surface area (Å²) in [5.41, 5.74) is 1.51. The van der Waals surface area contributed by atoms with E-state index in [1.165, 1.54) is 6.92 Å². The van der Waals surface area contributed by atoms with Crippen molar-refractivity contribution in [3.8, 4) is 0 Å². The Morgan fingerprint density at radius 1 is 1.62 bits per heavy atom. The van der Waals surface area contributed by atoms with Gasteiger partial charge in [0.2, 0.25) is 11.2 Å². The van der Waals surface area contributed by atoms with Gasteiger partial charge in [-0.05, 0) is 24.6 Å². The van der Waals surface area contributed by atoms with Crippen LogP contribution < -0.4 is 5.32 Å². The minimum absolute atomic E-state index is 0.0904. The molecule has 5 heteroatoms. The highest BCUT2D eigenvalue weighted by Gasteiger charge is 2.00. The first-order valence-electron chi connectivity index (χ1n) is 3.82. The molecule has 0 aliphatic carbocycles. The standard InChI is InChI=1S/C8H10ClN3O/c1-5-3-7(4-10-6(2)13)12-8(9)11-5/h3H,4H2,1-2H3,(H,10,13). The van der Waals surface area contributed by atoms with E-state index in [-0.39, 0.29) is 11.2 Å². The number of hydrogen-bond donors (Lipinski definition) is 1. The SMILES string of the molecule is CC(=O)NCc1cc(C)nc(Cl)n1. The topological polar surface area (TPSA) is 54.9 Å². The van der Waals surface area contributed by atoms with E-state index in [9.17, 15) is 4.79 Å². The van der Waals surface area contributed by atoms with Crippen LogP contribution in [0.5, 0.6) is 0 Å². The van der Waals surface area contributed by atoms with Gasteiger partial charge in [-0.2, -0.15) is 0 Å². The van der Waals surface area contributed by atoms with Gasteiger partial charge in [-0.3, -0.25) is 4.79 Å². The predicted molar refractivity (Wildman–Crippen MR) is 49.3 cm³/mol. The smallest absolute Gasteiger partial charge is 0.222 e. The first-order valence-corrected chi connectivity index (χ1v) is 4.20. The van der Waals surface area contributed by atoms with E-state index in [0.717, 1.165) is 5.69 Å². The van der Waals surface area contributed by atoms with Crippen LogP contribution in [0, 0.1) is 6.92 Å². The number of carbonyl (C=O) groups is 1. The molecule has 0 fully saturated rings. The third kappa shape index (κ3) is 3.38. The molecule has 0 bridgehead atoms. The number of nitrogens with zero attached hydrogens (tertiary/aromatic N) is 2. The van der Waals surface area contributed by atoms with Crippen molar-refractivity contribution in [3.63, 3.8) is 0 Å². The van der Waals surface area contributed by atoms with Gasteiger partial charge in [0, 0.05) is 12.6 Å². The quantitative estimate of drug-likeness (QED) is 0.726. The number of amides is 1. The average Bonchev–Trinajstić information content (AvgIpc) is 1.99. The monoisotopic (exact) mass is 199 g/mol. The molecule has 0 atom stereocenters. The van der Waals surface area contributed by atoms with Crippen molar-refractivity contribution in [2.45, 2.75) is 20.4 Å². The Morgan fingerprint density at radius 2 is 2.31 bits per heavy atom. The minimum atomic E-state index is -0.0904. The molecule has 1 aromatic rings. The second kappa shape index (κ2) is 4.18. The zero-order valence-corrected chi connectivity index (χ0v) is 8.22. The highest BCUT2D eigenvalue weighted by molar-refractivity contribution is 6.28. The van der Waals surface area contributed by atoms with Gasteiger partial charge in [0.05, 0.1) is 12.2 Å². The van der Waals surface area contributed by atoms with Gasteiger partial charge in [-0.15, -0.1) is 0 Å². The van der Waals surface area contributed by atoms with Crippen molar-refractivity contribution in [1.82, 2.24) is 15.3 Å². The van der Waals surface area contributed by atoms with E-state index in [1.54, 1.807) is 6.07 Å². The van der Waals surface area contributed by atoms with Gasteiger partial charge in [-0.1, -0.05) is 0 Å². The number of aromatic nitrogens is 2. The molecule has 0 aliphatic heterocycles. The number of halogens is 1. The molecule has 13 heavy (non-hydrogen) atoms. The third-order valence-corrected chi connectivity index (χ3v) is 1.57. The molecule has 1 aromatic heterocycles. The molecular weight excluding hydrogens is 190 g/mol. The summed E-state index contributed by atoms with van der Waals surface area (Å²) in [7, 11) is 0. The lowest BCUT2D eigenvalue weighted by Gasteiger charge is -2.02. The summed E-state index contributed by atoms with van der Waals surface area (Å²) in [6.07, 6.45) is 0. The van der Waals surface area contributed by atoms with Crippen LogP contribution in [0.2, 0.25) is 5.28 Å². The summed E-state index contributed by atoms with van der Waals surface area (Å²) >= 11 is 5.63. The van der Waals surface area contributed by atoms with Crippen molar-refractivity contribution in [2.24, 2.45) is 0 Å². The summed E-state index contributed by atoms with van der Waals surface area (Å²) in [5.74, 6) is -0.0904. The van der Waals surface area contributed by atoms with Crippen LogP contribution in [0.1, 0.15) is 18.3 Å². The Kier molecular flexibility index (Phi) is 3.19. The normalized spacial score (nSPS) is 9.77. The summed E-state index contributed by atoms with van der Waals surface area (Å²) in [6.45, 7) is 3.67. The minimum Gasteiger partial charge on any atom is -0.351 e. The molecule has 0 saturated heterocycles. The predicted octanol–water partition coefficient (Wildman–Crippen LogP) is 1.07. The van der Waals surface area contributed by atoms with Crippen LogP contribution in [0.4, 0.5) is 0 Å². The molecule has 70 valence electrons. The Balaban J connectivity index is 2.71. The number of carbonyl (C=O) groups excluding carboxylic acids is 1. The van der Waals surface area contributed by atoms with Gasteiger partial charge in [0.15, 0.2) is 0 Å². The molecule has 1 N–H and O–H groups in total. The number of hydrogen-bond acceptors (Lipinski definition) is 3. The van der Waals surface area contributed by atoms with Crippen molar-refractivity contribution in [1.29, 1.82) is 0 Å². The number of aryl methyl sites for hydroxylation is 1. The summed E-state index contributed by atoms with van der Waals surface area (Å²) < 4.78 is 0. The highest BCUT2D eigenvalue weighted by atomic mass is 35.5. The van der Waals surface area contributed by atoms with Crippen LogP contribution in [-0.2, 0) is 11.3 Å². The number of nitrogens with one attached hydrogen (secondary N) is 1. The van der Waals surface area contributed by atoms with Crippen LogP contribution in [0.15, 0.2) is 6.07 Å². The zero-order chi connectivity index (χ0) is 9.84. The van der Waals surface area contributed by atoms with E-state index in [2.05, 4.69) is 15.3 Å². The van der Waals surface area contributed by atoms with Crippen molar-refractivity contribution < 1.29 is 4.79 Å². The first kappa shape index (κ1) is 9.92. The van der Waals surface area contributed by atoms with Crippen molar-refractivity contribution in [2.75, 3.05) is 0 Å². The van der Waals surface area contributed by atoms with Crippen LogP contribution in [0.3, 0.4) is 0 Å². The van der Waals surface area contributed by atoms with Gasteiger partial charge < -0.3 is 5.32 Å². The summed E-state index contributed by atoms with van der Waals surface area (Å²) in [6, 6.07) is 1.78. The lowest BCUT2D eigenvalue weighted by Crippen LogP contribution is -2.19. The van der Waals surface area contributed by atoms with E-state index in [0.29, 0.717) is 12.2 Å². The van der Waals surface area contributed by atoms with Crippen molar-refractivity contribution >= 4 is 17.5 Å². The summed E-state index contributed by atoms with van der Waals surface area (Å²) in [5, 5.41) is 2.84. The molecular formula is C8H10ClN3O. The average molecular weight is 200 g/mol. The fourth-order valence-corrected chi connectivity index (χ4v) is 1.14. The van der Waals surface area contributed by atoms with E-state index in [4.69, 9.17) is 11.6 Å². The second-order valence-electron chi connectivity index (χ2n) is 2.68. The molecule has 0 spiro atoms. The zero-order valence-electron chi connectivity index (χ0n) is 7.47. The molecule has 1 rings (SSSR count). The maximum Gasteiger partial charge on any atom is 0.222 e. The Morgan fingerprint density at radius 3 is 2.85 bits per heavy atom. The molecule has 0 saturated carbocycles. The van der Waals surface area contributed by atoms with Crippen LogP contribution in [0.25, 0.3) is 0 Å². The Bertz CT molecular complexity index is 307.